The van der Waals surface area contributed by atoms with Crippen LogP contribution in [0.15, 0.2) is 48.5 Å². The van der Waals surface area contributed by atoms with Crippen LogP contribution in [0.4, 0.5) is 13.2 Å². The Balaban J connectivity index is 1.29. The van der Waals surface area contributed by atoms with Crippen LogP contribution in [0.3, 0.4) is 0 Å². The van der Waals surface area contributed by atoms with E-state index in [0.717, 1.165) is 50.1 Å². The minimum Gasteiger partial charge on any atom is -0.484 e. The minimum atomic E-state index is -4.39. The first kappa shape index (κ1) is 27.6. The molecular weight excluding hydrogens is 515 g/mol. The van der Waals surface area contributed by atoms with Gasteiger partial charge in [-0.3, -0.25) is 4.79 Å². The zero-order valence-corrected chi connectivity index (χ0v) is 23.2. The SMILES string of the molecule is O=C([C@H]1C[NH2+]C[C@]12C[NH2+]Cc1c(OCC(F)(F)F)cccc12)N1CC[C@@H](c2ccccc2)C[C@H]1C1CCCCC1. The first-order chi connectivity index (χ1) is 19.4. The summed E-state index contributed by atoms with van der Waals surface area (Å²) >= 11 is 0. The second kappa shape index (κ2) is 11.4. The van der Waals surface area contributed by atoms with Gasteiger partial charge in [-0.05, 0) is 54.7 Å². The molecule has 4 aliphatic rings. The fourth-order valence-corrected chi connectivity index (χ4v) is 8.32. The molecule has 2 aromatic rings. The molecule has 4 atom stereocenters. The molecule has 8 heteroatoms. The number of carbonyl (C=O) groups excluding carboxylic acids is 1. The van der Waals surface area contributed by atoms with Gasteiger partial charge in [0.25, 0.3) is 0 Å². The van der Waals surface area contributed by atoms with Gasteiger partial charge in [-0.15, -0.1) is 0 Å². The zero-order valence-electron chi connectivity index (χ0n) is 23.2. The lowest BCUT2D eigenvalue weighted by Gasteiger charge is -2.47. The lowest BCUT2D eigenvalue weighted by atomic mass is 9.67. The number of piperidine rings is 1. The highest BCUT2D eigenvalue weighted by molar-refractivity contribution is 5.82. The maximum atomic E-state index is 14.6. The Kier molecular flexibility index (Phi) is 7.83. The van der Waals surface area contributed by atoms with Crippen LogP contribution >= 0.6 is 0 Å². The Labute approximate surface area is 234 Å². The summed E-state index contributed by atoms with van der Waals surface area (Å²) in [5.41, 5.74) is 2.80. The Morgan fingerprint density at radius 3 is 2.52 bits per heavy atom. The summed E-state index contributed by atoms with van der Waals surface area (Å²) in [6.07, 6.45) is 3.74. The summed E-state index contributed by atoms with van der Waals surface area (Å²) in [5, 5.41) is 4.39. The van der Waals surface area contributed by atoms with Crippen LogP contribution in [-0.2, 0) is 16.8 Å². The molecule has 1 amide bonds. The molecule has 0 aromatic heterocycles. The predicted molar refractivity (Wildman–Crippen MR) is 146 cm³/mol. The van der Waals surface area contributed by atoms with Gasteiger partial charge in [0.15, 0.2) is 6.61 Å². The highest BCUT2D eigenvalue weighted by Gasteiger charge is 2.57. The van der Waals surface area contributed by atoms with Gasteiger partial charge in [-0.2, -0.15) is 13.2 Å². The number of carbonyl (C=O) groups is 1. The van der Waals surface area contributed by atoms with E-state index in [2.05, 4.69) is 45.9 Å². The number of halogens is 3. The molecule has 1 saturated carbocycles. The van der Waals surface area contributed by atoms with Crippen LogP contribution in [0, 0.1) is 11.8 Å². The van der Waals surface area contributed by atoms with Crippen molar-refractivity contribution < 1.29 is 33.3 Å². The second-order valence-electron chi connectivity index (χ2n) is 12.4. The number of hydrogen-bond donors (Lipinski definition) is 2. The normalized spacial score (nSPS) is 29.4. The maximum Gasteiger partial charge on any atom is 0.422 e. The summed E-state index contributed by atoms with van der Waals surface area (Å²) in [6.45, 7) is 2.30. The molecule has 4 N–H and O–H groups in total. The van der Waals surface area contributed by atoms with Crippen molar-refractivity contribution in [3.63, 3.8) is 0 Å². The third-order valence-corrected chi connectivity index (χ3v) is 10.2. The molecule has 1 aliphatic carbocycles. The van der Waals surface area contributed by atoms with Crippen LogP contribution in [0.2, 0.25) is 0 Å². The first-order valence-corrected chi connectivity index (χ1v) is 15.2. The first-order valence-electron chi connectivity index (χ1n) is 15.2. The summed E-state index contributed by atoms with van der Waals surface area (Å²) < 4.78 is 44.2. The summed E-state index contributed by atoms with van der Waals surface area (Å²) in [4.78, 5) is 16.9. The molecule has 3 heterocycles. The average molecular weight is 558 g/mol. The summed E-state index contributed by atoms with van der Waals surface area (Å²) in [5.74, 6) is 1.36. The second-order valence-corrected chi connectivity index (χ2v) is 12.4. The molecule has 3 fully saturated rings. The zero-order chi connectivity index (χ0) is 27.7. The van der Waals surface area contributed by atoms with Crippen molar-refractivity contribution in [2.24, 2.45) is 11.8 Å². The van der Waals surface area contributed by atoms with E-state index >= 15 is 0 Å². The van der Waals surface area contributed by atoms with Crippen molar-refractivity contribution in [1.82, 2.24) is 4.90 Å². The molecule has 0 unspecified atom stereocenters. The van der Waals surface area contributed by atoms with E-state index in [1.54, 1.807) is 12.1 Å². The molecule has 40 heavy (non-hydrogen) atoms. The van der Waals surface area contributed by atoms with Crippen molar-refractivity contribution >= 4 is 5.91 Å². The van der Waals surface area contributed by atoms with Crippen LogP contribution < -0.4 is 15.4 Å². The number of fused-ring (bicyclic) bond motifs is 2. The van der Waals surface area contributed by atoms with Gasteiger partial charge in [0.1, 0.15) is 23.6 Å². The Hall–Kier alpha value is -2.58. The molecule has 216 valence electrons. The number of amides is 1. The van der Waals surface area contributed by atoms with Gasteiger partial charge < -0.3 is 20.3 Å². The Morgan fingerprint density at radius 2 is 1.75 bits per heavy atom. The predicted octanol–water partition coefficient (Wildman–Crippen LogP) is 3.49. The van der Waals surface area contributed by atoms with Gasteiger partial charge >= 0.3 is 6.18 Å². The lowest BCUT2D eigenvalue weighted by Crippen LogP contribution is -2.91. The van der Waals surface area contributed by atoms with Crippen molar-refractivity contribution in [2.45, 2.75) is 75.0 Å². The highest BCUT2D eigenvalue weighted by atomic mass is 19.4. The summed E-state index contributed by atoms with van der Waals surface area (Å²) in [6, 6.07) is 16.5. The van der Waals surface area contributed by atoms with Crippen LogP contribution in [0.1, 0.15) is 67.6 Å². The van der Waals surface area contributed by atoms with Gasteiger partial charge in [0, 0.05) is 12.6 Å². The van der Waals surface area contributed by atoms with E-state index in [1.165, 1.54) is 37.7 Å². The Bertz CT molecular complexity index is 1180. The monoisotopic (exact) mass is 557 g/mol. The van der Waals surface area contributed by atoms with Crippen LogP contribution in [0.5, 0.6) is 5.75 Å². The van der Waals surface area contributed by atoms with E-state index in [1.807, 2.05) is 6.07 Å². The number of nitrogens with zero attached hydrogens (tertiary/aromatic N) is 1. The van der Waals surface area contributed by atoms with Gasteiger partial charge in [0.05, 0.1) is 25.2 Å². The van der Waals surface area contributed by atoms with Gasteiger partial charge in [-0.25, -0.2) is 0 Å². The van der Waals surface area contributed by atoms with Crippen LogP contribution in [0.25, 0.3) is 0 Å². The molecule has 2 aromatic carbocycles. The van der Waals surface area contributed by atoms with E-state index < -0.39 is 18.2 Å². The number of nitrogens with two attached hydrogens (primary N) is 2. The molecule has 6 rings (SSSR count). The number of alkyl halides is 3. The number of likely N-dealkylation sites (tertiary alicyclic amines) is 1. The number of benzene rings is 2. The lowest BCUT2D eigenvalue weighted by molar-refractivity contribution is -0.691. The molecule has 0 radical (unpaired) electrons. The average Bonchev–Trinajstić information content (AvgIpc) is 3.40. The highest BCUT2D eigenvalue weighted by Crippen LogP contribution is 2.44. The van der Waals surface area contributed by atoms with Crippen molar-refractivity contribution in [2.75, 3.05) is 32.8 Å². The molecule has 3 aliphatic heterocycles. The number of ether oxygens (including phenoxy) is 1. The van der Waals surface area contributed by atoms with Crippen molar-refractivity contribution in [3.05, 3.63) is 65.2 Å². The molecule has 2 saturated heterocycles. The third-order valence-electron chi connectivity index (χ3n) is 10.2. The smallest absolute Gasteiger partial charge is 0.422 e. The van der Waals surface area contributed by atoms with E-state index in [4.69, 9.17) is 4.74 Å². The fraction of sp³-hybridized carbons (Fsp3) is 0.594. The van der Waals surface area contributed by atoms with E-state index in [9.17, 15) is 18.0 Å². The molecule has 1 spiro atoms. The van der Waals surface area contributed by atoms with Crippen LogP contribution in [-0.4, -0.2) is 55.8 Å². The third kappa shape index (κ3) is 5.37. The quantitative estimate of drug-likeness (QED) is 0.592. The van der Waals surface area contributed by atoms with E-state index in [-0.39, 0.29) is 17.9 Å². The molecule has 0 bridgehead atoms. The maximum absolute atomic E-state index is 14.6. The van der Waals surface area contributed by atoms with Crippen molar-refractivity contribution in [3.8, 4) is 5.75 Å². The van der Waals surface area contributed by atoms with E-state index in [0.29, 0.717) is 24.1 Å². The topological polar surface area (TPSA) is 62.8 Å². The van der Waals surface area contributed by atoms with Gasteiger partial charge in [0.2, 0.25) is 5.91 Å². The minimum absolute atomic E-state index is 0.194. The number of quaternary nitrogens is 2. The standard InChI is InChI=1S/C32H40F3N3O2/c33-32(34,35)21-40-29-13-7-12-26-25(29)17-36-19-31(26)20-37-18-27(31)30(39)38-15-14-24(22-8-3-1-4-9-22)16-28(38)23-10-5-2-6-11-23/h1,3-4,7-9,12-13,23-24,27-28,36-37H,2,5-6,10-11,14-21H2/p+2/t24-,27-,28+,31+/m1/s1. The van der Waals surface area contributed by atoms with Crippen molar-refractivity contribution in [1.29, 1.82) is 0 Å². The summed E-state index contributed by atoms with van der Waals surface area (Å²) in [7, 11) is 0. The number of rotatable bonds is 5. The Morgan fingerprint density at radius 1 is 0.975 bits per heavy atom. The largest absolute Gasteiger partial charge is 0.484 e. The number of hydrogen-bond acceptors (Lipinski definition) is 2. The fourth-order valence-electron chi connectivity index (χ4n) is 8.32. The van der Waals surface area contributed by atoms with Gasteiger partial charge in [-0.1, -0.05) is 61.7 Å². The molecular formula is C32H42F3N3O2+2. The molecule has 5 nitrogen and oxygen atoms in total.